The number of hydrogen-bond acceptors (Lipinski definition) is 6. The third kappa shape index (κ3) is 5.83. The van der Waals surface area contributed by atoms with Gasteiger partial charge in [-0.1, -0.05) is 13.8 Å². The summed E-state index contributed by atoms with van der Waals surface area (Å²) in [6.45, 7) is 8.20. The summed E-state index contributed by atoms with van der Waals surface area (Å²) in [5.41, 5.74) is 1.61. The molecule has 8 nitrogen and oxygen atoms in total. The number of ether oxygens (including phenoxy) is 1. The van der Waals surface area contributed by atoms with Crippen molar-refractivity contribution in [1.29, 1.82) is 0 Å². The van der Waals surface area contributed by atoms with E-state index in [0.717, 1.165) is 31.9 Å². The van der Waals surface area contributed by atoms with Crippen LogP contribution in [0, 0.1) is 5.92 Å². The molecule has 3 rings (SSSR count). The molecule has 31 heavy (non-hydrogen) atoms. The summed E-state index contributed by atoms with van der Waals surface area (Å²) < 4.78 is 5.18. The van der Waals surface area contributed by atoms with Gasteiger partial charge in [0.2, 0.25) is 5.91 Å². The predicted molar refractivity (Wildman–Crippen MR) is 119 cm³/mol. The lowest BCUT2D eigenvalue weighted by Crippen LogP contribution is -2.52. The van der Waals surface area contributed by atoms with Crippen LogP contribution in [0.3, 0.4) is 0 Å². The molecule has 0 aromatic heterocycles. The summed E-state index contributed by atoms with van der Waals surface area (Å²) in [5, 5.41) is 2.89. The van der Waals surface area contributed by atoms with E-state index in [-0.39, 0.29) is 36.7 Å². The first-order chi connectivity index (χ1) is 14.8. The number of Topliss-reactive ketones (excluding diaryl/α,β-unsaturated/α-hetero) is 1. The quantitative estimate of drug-likeness (QED) is 0.695. The molecule has 1 aromatic rings. The average Bonchev–Trinajstić information content (AvgIpc) is 3.18. The molecule has 2 heterocycles. The van der Waals surface area contributed by atoms with Crippen LogP contribution in [0.2, 0.25) is 0 Å². The van der Waals surface area contributed by atoms with Crippen LogP contribution < -0.4 is 10.2 Å². The Morgan fingerprint density at radius 2 is 1.81 bits per heavy atom. The van der Waals surface area contributed by atoms with Crippen LogP contribution in [0.15, 0.2) is 24.3 Å². The molecule has 2 unspecified atom stereocenters. The molecule has 2 aliphatic heterocycles. The number of ketones is 1. The number of benzene rings is 1. The van der Waals surface area contributed by atoms with Crippen LogP contribution in [-0.4, -0.2) is 93.0 Å². The van der Waals surface area contributed by atoms with E-state index in [4.69, 9.17) is 4.74 Å². The lowest BCUT2D eigenvalue weighted by Gasteiger charge is -2.34. The molecule has 0 spiro atoms. The maximum Gasteiger partial charge on any atom is 0.251 e. The monoisotopic (exact) mass is 430 g/mol. The van der Waals surface area contributed by atoms with Crippen LogP contribution in [-0.2, 0) is 14.3 Å². The number of nitrogens with one attached hydrogen (secondary N) is 1. The Balaban J connectivity index is 1.65. The van der Waals surface area contributed by atoms with Crippen molar-refractivity contribution in [3.63, 3.8) is 0 Å². The van der Waals surface area contributed by atoms with E-state index >= 15 is 0 Å². The van der Waals surface area contributed by atoms with Crippen LogP contribution in [0.4, 0.5) is 5.69 Å². The third-order valence-electron chi connectivity index (χ3n) is 6.02. The molecule has 2 atom stereocenters. The minimum Gasteiger partial charge on any atom is -0.371 e. The van der Waals surface area contributed by atoms with Gasteiger partial charge in [-0.15, -0.1) is 0 Å². The van der Waals surface area contributed by atoms with Gasteiger partial charge in [0.05, 0.1) is 6.61 Å². The Morgan fingerprint density at radius 1 is 1.16 bits per heavy atom. The highest BCUT2D eigenvalue weighted by molar-refractivity contribution is 5.99. The van der Waals surface area contributed by atoms with Gasteiger partial charge in [0.15, 0.2) is 5.78 Å². The molecule has 0 bridgehead atoms. The Morgan fingerprint density at radius 3 is 2.35 bits per heavy atom. The van der Waals surface area contributed by atoms with E-state index in [0.29, 0.717) is 12.0 Å². The van der Waals surface area contributed by atoms with Crippen LogP contribution in [0.5, 0.6) is 0 Å². The molecule has 1 aromatic carbocycles. The first-order valence-corrected chi connectivity index (χ1v) is 11.0. The molecule has 0 aliphatic carbocycles. The summed E-state index contributed by atoms with van der Waals surface area (Å²) in [4.78, 5) is 43.9. The number of amides is 2. The summed E-state index contributed by atoms with van der Waals surface area (Å²) in [6, 6.07) is 6.25. The van der Waals surface area contributed by atoms with E-state index in [1.54, 1.807) is 19.2 Å². The van der Waals surface area contributed by atoms with Gasteiger partial charge in [-0.25, -0.2) is 0 Å². The van der Waals surface area contributed by atoms with Gasteiger partial charge in [0.1, 0.15) is 18.7 Å². The highest BCUT2D eigenvalue weighted by atomic mass is 16.5. The number of piperazine rings is 1. The van der Waals surface area contributed by atoms with Crippen molar-refractivity contribution in [2.45, 2.75) is 32.4 Å². The minimum absolute atomic E-state index is 0.0309. The fraction of sp³-hybridized carbons (Fsp3) is 0.609. The molecule has 1 N–H and O–H groups in total. The van der Waals surface area contributed by atoms with Gasteiger partial charge in [-0.2, -0.15) is 0 Å². The predicted octanol–water partition coefficient (Wildman–Crippen LogP) is 1.01. The SMILES string of the molecule is CC(C)CC(NC(=O)c1ccc(N2CCN(C)CC2)cc1)C(=O)N(C)C1COCC1=O. The molecule has 170 valence electrons. The highest BCUT2D eigenvalue weighted by Gasteiger charge is 2.35. The molecule has 2 fully saturated rings. The maximum atomic E-state index is 13.1. The first-order valence-electron chi connectivity index (χ1n) is 11.0. The molecule has 0 saturated carbocycles. The van der Waals surface area contributed by atoms with Crippen molar-refractivity contribution in [3.05, 3.63) is 29.8 Å². The average molecular weight is 431 g/mol. The van der Waals surface area contributed by atoms with Crippen molar-refractivity contribution < 1.29 is 19.1 Å². The zero-order chi connectivity index (χ0) is 22.5. The Kier molecular flexibility index (Phi) is 7.67. The standard InChI is InChI=1S/C23H34N4O4/c1-16(2)13-19(23(30)26(4)20-14-31-15-21(20)28)24-22(29)17-5-7-18(8-6-17)27-11-9-25(3)10-12-27/h5-8,16,19-20H,9-15H2,1-4H3,(H,24,29). The normalized spacial score (nSPS) is 20.7. The first kappa shape index (κ1) is 23.2. The highest BCUT2D eigenvalue weighted by Crippen LogP contribution is 2.18. The number of hydrogen-bond donors (Lipinski definition) is 1. The van der Waals surface area contributed by atoms with E-state index in [9.17, 15) is 14.4 Å². The molecular weight excluding hydrogens is 396 g/mol. The van der Waals surface area contributed by atoms with Gasteiger partial charge >= 0.3 is 0 Å². The van der Waals surface area contributed by atoms with Gasteiger partial charge in [-0.3, -0.25) is 14.4 Å². The van der Waals surface area contributed by atoms with E-state index < -0.39 is 12.1 Å². The van der Waals surface area contributed by atoms with Crippen molar-refractivity contribution in [3.8, 4) is 0 Å². The molecule has 2 aliphatic rings. The molecule has 8 heteroatoms. The lowest BCUT2D eigenvalue weighted by atomic mass is 10.0. The van der Waals surface area contributed by atoms with Crippen molar-refractivity contribution in [2.24, 2.45) is 5.92 Å². The fourth-order valence-electron chi connectivity index (χ4n) is 4.01. The second kappa shape index (κ2) is 10.2. The van der Waals surface area contributed by atoms with Crippen molar-refractivity contribution in [2.75, 3.05) is 58.4 Å². The zero-order valence-corrected chi connectivity index (χ0v) is 19.0. The largest absolute Gasteiger partial charge is 0.371 e. The summed E-state index contributed by atoms with van der Waals surface area (Å²) >= 11 is 0. The van der Waals surface area contributed by atoms with E-state index in [2.05, 4.69) is 22.2 Å². The summed E-state index contributed by atoms with van der Waals surface area (Å²) in [6.07, 6.45) is 0.496. The van der Waals surface area contributed by atoms with Crippen LogP contribution >= 0.6 is 0 Å². The van der Waals surface area contributed by atoms with Crippen molar-refractivity contribution in [1.82, 2.24) is 15.1 Å². The van der Waals surface area contributed by atoms with Crippen LogP contribution in [0.1, 0.15) is 30.6 Å². The third-order valence-corrected chi connectivity index (χ3v) is 6.02. The van der Waals surface area contributed by atoms with E-state index in [1.807, 2.05) is 26.0 Å². The minimum atomic E-state index is -0.691. The van der Waals surface area contributed by atoms with Crippen LogP contribution in [0.25, 0.3) is 0 Å². The maximum absolute atomic E-state index is 13.1. The van der Waals surface area contributed by atoms with Crippen molar-refractivity contribution >= 4 is 23.3 Å². The zero-order valence-electron chi connectivity index (χ0n) is 19.0. The summed E-state index contributed by atoms with van der Waals surface area (Å²) in [7, 11) is 3.72. The molecule has 0 radical (unpaired) electrons. The topological polar surface area (TPSA) is 82.2 Å². The Labute approximate surface area is 184 Å². The lowest BCUT2D eigenvalue weighted by molar-refractivity contribution is -0.138. The van der Waals surface area contributed by atoms with Gasteiger partial charge in [-0.05, 0) is 43.7 Å². The van der Waals surface area contributed by atoms with Gasteiger partial charge in [0.25, 0.3) is 5.91 Å². The second-order valence-corrected chi connectivity index (χ2v) is 8.94. The smallest absolute Gasteiger partial charge is 0.251 e. The van der Waals surface area contributed by atoms with Gasteiger partial charge < -0.3 is 24.8 Å². The number of nitrogens with zero attached hydrogens (tertiary/aromatic N) is 3. The number of carbonyl (C=O) groups is 3. The molecular formula is C23H34N4O4. The second-order valence-electron chi connectivity index (χ2n) is 8.94. The molecule has 2 saturated heterocycles. The van der Waals surface area contributed by atoms with Gasteiger partial charge in [0, 0.05) is 44.5 Å². The number of anilines is 1. The van der Waals surface area contributed by atoms with E-state index in [1.165, 1.54) is 4.90 Å². The number of rotatable bonds is 7. The fourth-order valence-corrected chi connectivity index (χ4v) is 4.01. The number of likely N-dealkylation sites (N-methyl/N-ethyl adjacent to an activating group) is 2. The Bertz CT molecular complexity index is 787. The Hall–Kier alpha value is -2.45. The number of carbonyl (C=O) groups excluding carboxylic acids is 3. The summed E-state index contributed by atoms with van der Waals surface area (Å²) in [5.74, 6) is -0.450. The molecule has 2 amide bonds.